The number of anilines is 1. The predicted octanol–water partition coefficient (Wildman–Crippen LogP) is 6.00. The maximum Gasteiger partial charge on any atom is 0.335 e. The van der Waals surface area contributed by atoms with Crippen LogP contribution in [0.5, 0.6) is 5.75 Å². The predicted molar refractivity (Wildman–Crippen MR) is 130 cm³/mol. The van der Waals surface area contributed by atoms with Crippen molar-refractivity contribution in [3.8, 4) is 5.75 Å². The van der Waals surface area contributed by atoms with E-state index in [2.05, 4.69) is 21.2 Å². The average molecular weight is 546 g/mol. The first-order chi connectivity index (χ1) is 15.8. The van der Waals surface area contributed by atoms with Crippen molar-refractivity contribution in [3.63, 3.8) is 0 Å². The summed E-state index contributed by atoms with van der Waals surface area (Å²) in [6.45, 7) is 0.230. The highest BCUT2D eigenvalue weighted by atomic mass is 79.9. The van der Waals surface area contributed by atoms with Gasteiger partial charge >= 0.3 is 6.03 Å². The Morgan fingerprint density at radius 2 is 1.70 bits per heavy atom. The summed E-state index contributed by atoms with van der Waals surface area (Å²) < 4.78 is 6.65. The van der Waals surface area contributed by atoms with E-state index in [0.717, 1.165) is 14.9 Å². The molecule has 0 spiro atoms. The number of benzene rings is 3. The van der Waals surface area contributed by atoms with Crippen LogP contribution in [0.25, 0.3) is 6.08 Å². The lowest BCUT2D eigenvalue weighted by molar-refractivity contribution is -0.122. The van der Waals surface area contributed by atoms with Gasteiger partial charge in [-0.2, -0.15) is 0 Å². The Morgan fingerprint density at radius 1 is 0.939 bits per heavy atom. The number of rotatable bonds is 5. The van der Waals surface area contributed by atoms with E-state index in [1.165, 1.54) is 18.2 Å². The quantitative estimate of drug-likeness (QED) is 0.315. The van der Waals surface area contributed by atoms with Crippen molar-refractivity contribution in [3.05, 3.63) is 97.9 Å². The van der Waals surface area contributed by atoms with Gasteiger partial charge < -0.3 is 4.74 Å². The summed E-state index contributed by atoms with van der Waals surface area (Å²) in [7, 11) is 0. The number of carbonyl (C=O) groups is 3. The standard InChI is InChI=1S/C24H15BrCl2N2O4/c25-16-4-9-21(33-13-14-2-1-3-18(27)10-14)15(11-16)12-20-22(30)28-24(32)29(23(20)31)19-7-5-17(26)6-8-19/h1-12H,13H2,(H,28,30,32)/b20-12+. The molecule has 6 nitrogen and oxygen atoms in total. The molecule has 0 unspecified atom stereocenters. The summed E-state index contributed by atoms with van der Waals surface area (Å²) in [4.78, 5) is 38.9. The molecule has 0 aliphatic carbocycles. The summed E-state index contributed by atoms with van der Waals surface area (Å²) in [5.41, 5.74) is 1.41. The van der Waals surface area contributed by atoms with E-state index < -0.39 is 17.8 Å². The Kier molecular flexibility index (Phi) is 6.83. The number of halogens is 3. The van der Waals surface area contributed by atoms with E-state index in [-0.39, 0.29) is 17.9 Å². The van der Waals surface area contributed by atoms with E-state index in [1.54, 1.807) is 42.5 Å². The number of hydrogen-bond acceptors (Lipinski definition) is 4. The van der Waals surface area contributed by atoms with Gasteiger partial charge in [0.2, 0.25) is 0 Å². The van der Waals surface area contributed by atoms with Crippen LogP contribution < -0.4 is 15.0 Å². The van der Waals surface area contributed by atoms with E-state index in [4.69, 9.17) is 27.9 Å². The van der Waals surface area contributed by atoms with Crippen molar-refractivity contribution in [2.24, 2.45) is 0 Å². The van der Waals surface area contributed by atoms with Crippen LogP contribution in [0.3, 0.4) is 0 Å². The molecule has 1 aliphatic heterocycles. The number of nitrogens with one attached hydrogen (secondary N) is 1. The first kappa shape index (κ1) is 23.0. The zero-order chi connectivity index (χ0) is 23.5. The molecule has 166 valence electrons. The topological polar surface area (TPSA) is 75.7 Å². The Hall–Kier alpha value is -3.13. The average Bonchev–Trinajstić information content (AvgIpc) is 2.77. The molecular formula is C24H15BrCl2N2O4. The first-order valence-corrected chi connectivity index (χ1v) is 11.2. The van der Waals surface area contributed by atoms with Crippen LogP contribution in [0.15, 0.2) is 76.8 Å². The summed E-state index contributed by atoms with van der Waals surface area (Å²) in [6.07, 6.45) is 1.39. The second kappa shape index (κ2) is 9.79. The zero-order valence-corrected chi connectivity index (χ0v) is 19.9. The monoisotopic (exact) mass is 544 g/mol. The van der Waals surface area contributed by atoms with Gasteiger partial charge in [0.25, 0.3) is 11.8 Å². The Labute approximate surface area is 207 Å². The van der Waals surface area contributed by atoms with Crippen LogP contribution in [0.1, 0.15) is 11.1 Å². The number of nitrogens with zero attached hydrogens (tertiary/aromatic N) is 1. The smallest absolute Gasteiger partial charge is 0.335 e. The lowest BCUT2D eigenvalue weighted by atomic mass is 10.1. The molecule has 1 fully saturated rings. The Balaban J connectivity index is 1.67. The van der Waals surface area contributed by atoms with Gasteiger partial charge in [0, 0.05) is 20.1 Å². The lowest BCUT2D eigenvalue weighted by Crippen LogP contribution is -2.54. The van der Waals surface area contributed by atoms with Gasteiger partial charge in [-0.15, -0.1) is 0 Å². The van der Waals surface area contributed by atoms with Crippen LogP contribution in [-0.4, -0.2) is 17.8 Å². The highest BCUT2D eigenvalue weighted by Gasteiger charge is 2.37. The molecule has 1 saturated heterocycles. The number of amides is 4. The third kappa shape index (κ3) is 5.27. The number of imide groups is 2. The van der Waals surface area contributed by atoms with Gasteiger partial charge in [-0.25, -0.2) is 9.69 Å². The SMILES string of the molecule is O=C1NC(=O)N(c2ccc(Cl)cc2)C(=O)/C1=C/c1cc(Br)ccc1OCc1cccc(Cl)c1. The molecule has 9 heteroatoms. The maximum absolute atomic E-state index is 13.1. The molecule has 0 atom stereocenters. The fraction of sp³-hybridized carbons (Fsp3) is 0.0417. The largest absolute Gasteiger partial charge is 0.488 e. The molecule has 3 aromatic rings. The molecule has 1 heterocycles. The summed E-state index contributed by atoms with van der Waals surface area (Å²) in [6, 6.07) is 17.7. The number of urea groups is 1. The molecule has 1 aliphatic rings. The van der Waals surface area contributed by atoms with Gasteiger partial charge in [0.05, 0.1) is 5.69 Å². The molecule has 0 aromatic heterocycles. The normalized spacial score (nSPS) is 15.1. The molecule has 33 heavy (non-hydrogen) atoms. The van der Waals surface area contributed by atoms with Crippen LogP contribution in [-0.2, 0) is 16.2 Å². The molecule has 0 bridgehead atoms. The Morgan fingerprint density at radius 3 is 2.42 bits per heavy atom. The molecule has 0 radical (unpaired) electrons. The highest BCUT2D eigenvalue weighted by molar-refractivity contribution is 9.10. The van der Waals surface area contributed by atoms with Crippen LogP contribution >= 0.6 is 39.1 Å². The summed E-state index contributed by atoms with van der Waals surface area (Å²) >= 11 is 15.3. The van der Waals surface area contributed by atoms with Gasteiger partial charge in [-0.3, -0.25) is 14.9 Å². The first-order valence-electron chi connectivity index (χ1n) is 9.65. The third-order valence-electron chi connectivity index (χ3n) is 4.74. The van der Waals surface area contributed by atoms with E-state index in [0.29, 0.717) is 21.4 Å². The van der Waals surface area contributed by atoms with Crippen LogP contribution in [0.2, 0.25) is 10.0 Å². The van der Waals surface area contributed by atoms with Crippen molar-refractivity contribution >= 4 is 68.7 Å². The molecule has 0 saturated carbocycles. The summed E-state index contributed by atoms with van der Waals surface area (Å²) in [5, 5.41) is 3.24. The van der Waals surface area contributed by atoms with Gasteiger partial charge in [-0.1, -0.05) is 51.3 Å². The van der Waals surface area contributed by atoms with Crippen LogP contribution in [0, 0.1) is 0 Å². The van der Waals surface area contributed by atoms with Crippen molar-refractivity contribution in [2.75, 3.05) is 4.90 Å². The minimum Gasteiger partial charge on any atom is -0.488 e. The number of barbiturate groups is 1. The lowest BCUT2D eigenvalue weighted by Gasteiger charge is -2.26. The fourth-order valence-corrected chi connectivity index (χ4v) is 3.91. The maximum atomic E-state index is 13.1. The minimum atomic E-state index is -0.837. The van der Waals surface area contributed by atoms with Crippen LogP contribution in [0.4, 0.5) is 10.5 Å². The third-order valence-corrected chi connectivity index (χ3v) is 5.72. The minimum absolute atomic E-state index is 0.213. The van der Waals surface area contributed by atoms with Crippen molar-refractivity contribution in [1.29, 1.82) is 0 Å². The van der Waals surface area contributed by atoms with E-state index >= 15 is 0 Å². The molecule has 4 rings (SSSR count). The van der Waals surface area contributed by atoms with E-state index in [9.17, 15) is 14.4 Å². The molecule has 4 amide bonds. The highest BCUT2D eigenvalue weighted by Crippen LogP contribution is 2.29. The molecule has 3 aromatic carbocycles. The van der Waals surface area contributed by atoms with Gasteiger partial charge in [-0.05, 0) is 66.2 Å². The second-order valence-electron chi connectivity index (χ2n) is 7.04. The van der Waals surface area contributed by atoms with Crippen molar-refractivity contribution < 1.29 is 19.1 Å². The van der Waals surface area contributed by atoms with E-state index in [1.807, 2.05) is 12.1 Å². The Bertz CT molecular complexity index is 1290. The number of carbonyl (C=O) groups excluding carboxylic acids is 3. The van der Waals surface area contributed by atoms with Gasteiger partial charge in [0.15, 0.2) is 0 Å². The summed E-state index contributed by atoms with van der Waals surface area (Å²) in [5.74, 6) is -1.11. The number of hydrogen-bond donors (Lipinski definition) is 1. The second-order valence-corrected chi connectivity index (χ2v) is 8.82. The van der Waals surface area contributed by atoms with Gasteiger partial charge in [0.1, 0.15) is 17.9 Å². The zero-order valence-electron chi connectivity index (χ0n) is 16.8. The van der Waals surface area contributed by atoms with Crippen molar-refractivity contribution in [2.45, 2.75) is 6.61 Å². The van der Waals surface area contributed by atoms with Crippen molar-refractivity contribution in [1.82, 2.24) is 5.32 Å². The number of ether oxygens (including phenoxy) is 1. The molecular weight excluding hydrogens is 531 g/mol. The molecule has 1 N–H and O–H groups in total. The fourth-order valence-electron chi connectivity index (χ4n) is 3.19.